The average molecular weight is 293 g/mol. The highest BCUT2D eigenvalue weighted by atomic mass is 35.5. The molecule has 0 saturated heterocycles. The SMILES string of the molecule is COCC(CCCl)NC(=O)c1ccc2ncccc2c1. The van der Waals surface area contributed by atoms with Crippen LogP contribution in [0.2, 0.25) is 0 Å². The molecule has 20 heavy (non-hydrogen) atoms. The Morgan fingerprint density at radius 1 is 1.45 bits per heavy atom. The molecule has 0 radical (unpaired) electrons. The molecule has 1 atom stereocenters. The van der Waals surface area contributed by atoms with E-state index in [1.165, 1.54) is 0 Å². The molecule has 106 valence electrons. The first-order chi connectivity index (χ1) is 9.74. The Labute approximate surface area is 123 Å². The third-order valence-corrected chi connectivity index (χ3v) is 3.24. The van der Waals surface area contributed by atoms with Gasteiger partial charge in [-0.25, -0.2) is 0 Å². The first-order valence-corrected chi connectivity index (χ1v) is 6.98. The van der Waals surface area contributed by atoms with Crippen molar-refractivity contribution in [1.82, 2.24) is 10.3 Å². The largest absolute Gasteiger partial charge is 0.383 e. The number of fused-ring (bicyclic) bond motifs is 1. The van der Waals surface area contributed by atoms with Crippen molar-refractivity contribution in [3.05, 3.63) is 42.1 Å². The maximum absolute atomic E-state index is 12.2. The van der Waals surface area contributed by atoms with E-state index in [4.69, 9.17) is 16.3 Å². The van der Waals surface area contributed by atoms with Gasteiger partial charge in [0.1, 0.15) is 0 Å². The van der Waals surface area contributed by atoms with Crippen LogP contribution in [0, 0.1) is 0 Å². The van der Waals surface area contributed by atoms with Crippen LogP contribution in [0.5, 0.6) is 0 Å². The van der Waals surface area contributed by atoms with Crippen LogP contribution in [0.15, 0.2) is 36.5 Å². The number of alkyl halides is 1. The number of carbonyl (C=O) groups excluding carboxylic acids is 1. The summed E-state index contributed by atoms with van der Waals surface area (Å²) >= 11 is 5.72. The number of hydrogen-bond donors (Lipinski definition) is 1. The molecule has 0 aliphatic carbocycles. The van der Waals surface area contributed by atoms with Crippen molar-refractivity contribution in [1.29, 1.82) is 0 Å². The topological polar surface area (TPSA) is 51.2 Å². The molecular formula is C15H17ClN2O2. The zero-order valence-electron chi connectivity index (χ0n) is 11.3. The molecule has 4 nitrogen and oxygen atoms in total. The number of pyridine rings is 1. The molecule has 1 N–H and O–H groups in total. The van der Waals surface area contributed by atoms with Crippen LogP contribution in [0.1, 0.15) is 16.8 Å². The molecule has 0 fully saturated rings. The Bertz CT molecular complexity index is 583. The second-order valence-corrected chi connectivity index (χ2v) is 4.89. The first kappa shape index (κ1) is 14.8. The molecule has 1 aromatic carbocycles. The lowest BCUT2D eigenvalue weighted by molar-refractivity contribution is 0.0895. The summed E-state index contributed by atoms with van der Waals surface area (Å²) in [5, 5.41) is 3.88. The third-order valence-electron chi connectivity index (χ3n) is 3.03. The minimum absolute atomic E-state index is 0.0744. The normalized spacial score (nSPS) is 12.3. The zero-order chi connectivity index (χ0) is 14.4. The Morgan fingerprint density at radius 2 is 2.30 bits per heavy atom. The predicted octanol–water partition coefficient (Wildman–Crippen LogP) is 2.61. The van der Waals surface area contributed by atoms with E-state index in [0.717, 1.165) is 10.9 Å². The van der Waals surface area contributed by atoms with Crippen molar-refractivity contribution in [3.63, 3.8) is 0 Å². The smallest absolute Gasteiger partial charge is 0.251 e. The fourth-order valence-corrected chi connectivity index (χ4v) is 2.28. The number of halogens is 1. The number of aromatic nitrogens is 1. The number of hydrogen-bond acceptors (Lipinski definition) is 3. The number of benzene rings is 1. The number of nitrogens with one attached hydrogen (secondary N) is 1. The summed E-state index contributed by atoms with van der Waals surface area (Å²) in [6, 6.07) is 9.17. The van der Waals surface area contributed by atoms with Gasteiger partial charge in [-0.1, -0.05) is 6.07 Å². The van der Waals surface area contributed by atoms with E-state index in [-0.39, 0.29) is 11.9 Å². The summed E-state index contributed by atoms with van der Waals surface area (Å²) in [5.74, 6) is 0.360. The van der Waals surface area contributed by atoms with Crippen LogP contribution in [0.4, 0.5) is 0 Å². The van der Waals surface area contributed by atoms with E-state index < -0.39 is 0 Å². The van der Waals surface area contributed by atoms with Crippen LogP contribution < -0.4 is 5.32 Å². The minimum Gasteiger partial charge on any atom is -0.383 e. The van der Waals surface area contributed by atoms with Crippen molar-refractivity contribution in [2.24, 2.45) is 0 Å². The molecular weight excluding hydrogens is 276 g/mol. The molecule has 0 saturated carbocycles. The second-order valence-electron chi connectivity index (χ2n) is 4.51. The zero-order valence-corrected chi connectivity index (χ0v) is 12.1. The van der Waals surface area contributed by atoms with Gasteiger partial charge in [0.05, 0.1) is 18.2 Å². The van der Waals surface area contributed by atoms with Gasteiger partial charge >= 0.3 is 0 Å². The first-order valence-electron chi connectivity index (χ1n) is 6.45. The molecule has 5 heteroatoms. The Kier molecular flexibility index (Phi) is 5.32. The molecule has 0 aliphatic rings. The van der Waals surface area contributed by atoms with Gasteiger partial charge in [0.15, 0.2) is 0 Å². The fraction of sp³-hybridized carbons (Fsp3) is 0.333. The number of carbonyl (C=O) groups is 1. The lowest BCUT2D eigenvalue weighted by Crippen LogP contribution is -2.38. The summed E-state index contributed by atoms with van der Waals surface area (Å²) in [7, 11) is 1.61. The fourth-order valence-electron chi connectivity index (χ4n) is 2.02. The van der Waals surface area contributed by atoms with E-state index in [9.17, 15) is 4.79 Å². The van der Waals surface area contributed by atoms with E-state index in [0.29, 0.717) is 24.5 Å². The van der Waals surface area contributed by atoms with Crippen molar-refractivity contribution in [2.45, 2.75) is 12.5 Å². The van der Waals surface area contributed by atoms with Crippen LogP contribution in [-0.2, 0) is 4.74 Å². The second kappa shape index (κ2) is 7.22. The van der Waals surface area contributed by atoms with Gasteiger partial charge in [-0.15, -0.1) is 11.6 Å². The Morgan fingerprint density at radius 3 is 3.05 bits per heavy atom. The van der Waals surface area contributed by atoms with Crippen LogP contribution >= 0.6 is 11.6 Å². The monoisotopic (exact) mass is 292 g/mol. The van der Waals surface area contributed by atoms with E-state index in [1.54, 1.807) is 19.4 Å². The van der Waals surface area contributed by atoms with E-state index in [1.807, 2.05) is 24.3 Å². The molecule has 1 aromatic heterocycles. The highest BCUT2D eigenvalue weighted by molar-refractivity contribution is 6.17. The summed E-state index contributed by atoms with van der Waals surface area (Å²) in [4.78, 5) is 16.5. The number of ether oxygens (including phenoxy) is 1. The molecule has 1 heterocycles. The lowest BCUT2D eigenvalue weighted by atomic mass is 10.1. The van der Waals surface area contributed by atoms with E-state index >= 15 is 0 Å². The molecule has 2 rings (SSSR count). The van der Waals surface area contributed by atoms with E-state index in [2.05, 4.69) is 10.3 Å². The Balaban J connectivity index is 2.13. The molecule has 2 aromatic rings. The van der Waals surface area contributed by atoms with Crippen LogP contribution in [0.3, 0.4) is 0 Å². The molecule has 1 unspecified atom stereocenters. The van der Waals surface area contributed by atoms with Crippen molar-refractivity contribution >= 4 is 28.4 Å². The summed E-state index contributed by atoms with van der Waals surface area (Å²) < 4.78 is 5.08. The number of nitrogens with zero attached hydrogens (tertiary/aromatic N) is 1. The van der Waals surface area contributed by atoms with Gasteiger partial charge in [-0.2, -0.15) is 0 Å². The molecule has 0 spiro atoms. The van der Waals surface area contributed by atoms with Gasteiger partial charge in [0, 0.05) is 30.1 Å². The van der Waals surface area contributed by atoms with Gasteiger partial charge in [0.25, 0.3) is 5.91 Å². The molecule has 0 aliphatic heterocycles. The number of amides is 1. The van der Waals surface area contributed by atoms with Gasteiger partial charge in [0.2, 0.25) is 0 Å². The lowest BCUT2D eigenvalue weighted by Gasteiger charge is -2.16. The average Bonchev–Trinajstić information content (AvgIpc) is 2.47. The van der Waals surface area contributed by atoms with Gasteiger partial charge in [-0.05, 0) is 30.7 Å². The number of methoxy groups -OCH3 is 1. The predicted molar refractivity (Wildman–Crippen MR) is 80.2 cm³/mol. The van der Waals surface area contributed by atoms with Gasteiger partial charge < -0.3 is 10.1 Å². The maximum Gasteiger partial charge on any atom is 0.251 e. The third kappa shape index (κ3) is 3.68. The number of rotatable bonds is 6. The summed E-state index contributed by atoms with van der Waals surface area (Å²) in [6.45, 7) is 0.452. The van der Waals surface area contributed by atoms with Crippen LogP contribution in [0.25, 0.3) is 10.9 Å². The standard InChI is InChI=1S/C15H17ClN2O2/c1-20-10-13(6-7-16)18-15(19)12-4-5-14-11(9-12)3-2-8-17-14/h2-5,8-9,13H,6-7,10H2,1H3,(H,18,19). The maximum atomic E-state index is 12.2. The Hall–Kier alpha value is -1.65. The summed E-state index contributed by atoms with van der Waals surface area (Å²) in [5.41, 5.74) is 1.49. The quantitative estimate of drug-likeness (QED) is 0.833. The van der Waals surface area contributed by atoms with Crippen LogP contribution in [-0.4, -0.2) is 36.5 Å². The molecule has 1 amide bonds. The highest BCUT2D eigenvalue weighted by Crippen LogP contribution is 2.13. The van der Waals surface area contributed by atoms with Crippen molar-refractivity contribution in [3.8, 4) is 0 Å². The summed E-state index contributed by atoms with van der Waals surface area (Å²) in [6.07, 6.45) is 2.41. The molecule has 0 bridgehead atoms. The van der Waals surface area contributed by atoms with Crippen molar-refractivity contribution in [2.75, 3.05) is 19.6 Å². The minimum atomic E-state index is -0.122. The van der Waals surface area contributed by atoms with Gasteiger partial charge in [-0.3, -0.25) is 9.78 Å². The van der Waals surface area contributed by atoms with Crippen molar-refractivity contribution < 1.29 is 9.53 Å². The highest BCUT2D eigenvalue weighted by Gasteiger charge is 2.13.